The van der Waals surface area contributed by atoms with Crippen molar-refractivity contribution < 1.29 is 4.79 Å². The van der Waals surface area contributed by atoms with Gasteiger partial charge in [0.2, 0.25) is 0 Å². The van der Waals surface area contributed by atoms with E-state index in [4.69, 9.17) is 0 Å². The van der Waals surface area contributed by atoms with E-state index in [1.165, 1.54) is 18.4 Å². The average Bonchev–Trinajstić information content (AvgIpc) is 2.69. The fourth-order valence-corrected chi connectivity index (χ4v) is 2.25. The molecule has 14 heavy (non-hydrogen) atoms. The molecule has 0 heterocycles. The van der Waals surface area contributed by atoms with Crippen molar-refractivity contribution in [1.29, 1.82) is 0 Å². The SMILES string of the molecule is Cl.O=CC1(c2ccccc2)CCCC1. The van der Waals surface area contributed by atoms with E-state index in [1.54, 1.807) is 0 Å². The maximum absolute atomic E-state index is 11.1. The number of aldehydes is 1. The molecule has 1 saturated carbocycles. The van der Waals surface area contributed by atoms with Crippen molar-refractivity contribution in [3.63, 3.8) is 0 Å². The molecule has 1 aromatic carbocycles. The molecular formula is C12H15ClO. The molecule has 1 aliphatic rings. The molecule has 1 aromatic rings. The van der Waals surface area contributed by atoms with E-state index < -0.39 is 0 Å². The first-order chi connectivity index (χ1) is 6.37. The summed E-state index contributed by atoms with van der Waals surface area (Å²) in [6.45, 7) is 0. The Hall–Kier alpha value is -0.820. The van der Waals surface area contributed by atoms with Crippen molar-refractivity contribution in [3.8, 4) is 0 Å². The number of hydrogen-bond donors (Lipinski definition) is 0. The number of hydrogen-bond acceptors (Lipinski definition) is 1. The van der Waals surface area contributed by atoms with Crippen LogP contribution in [-0.2, 0) is 10.2 Å². The van der Waals surface area contributed by atoms with Gasteiger partial charge in [0, 0.05) is 0 Å². The maximum Gasteiger partial charge on any atom is 0.130 e. The van der Waals surface area contributed by atoms with Crippen molar-refractivity contribution in [2.75, 3.05) is 0 Å². The minimum atomic E-state index is -0.152. The predicted molar refractivity (Wildman–Crippen MR) is 59.9 cm³/mol. The molecule has 0 bridgehead atoms. The van der Waals surface area contributed by atoms with Crippen molar-refractivity contribution in [3.05, 3.63) is 35.9 Å². The summed E-state index contributed by atoms with van der Waals surface area (Å²) >= 11 is 0. The van der Waals surface area contributed by atoms with E-state index in [2.05, 4.69) is 12.1 Å². The highest BCUT2D eigenvalue weighted by Gasteiger charge is 2.34. The molecule has 0 aromatic heterocycles. The normalized spacial score (nSPS) is 18.6. The largest absolute Gasteiger partial charge is 0.302 e. The highest BCUT2D eigenvalue weighted by molar-refractivity contribution is 5.85. The molecule has 76 valence electrons. The van der Waals surface area contributed by atoms with Gasteiger partial charge in [0.05, 0.1) is 5.41 Å². The van der Waals surface area contributed by atoms with Gasteiger partial charge in [0.15, 0.2) is 0 Å². The molecular weight excluding hydrogens is 196 g/mol. The Labute approximate surface area is 90.9 Å². The standard InChI is InChI=1S/C12H14O.ClH/c13-10-12(8-4-5-9-12)11-6-2-1-3-7-11;/h1-3,6-7,10H,4-5,8-9H2;1H. The third kappa shape index (κ3) is 1.83. The van der Waals surface area contributed by atoms with Gasteiger partial charge in [0.1, 0.15) is 6.29 Å². The second-order valence-electron chi connectivity index (χ2n) is 3.85. The van der Waals surface area contributed by atoms with Gasteiger partial charge in [-0.2, -0.15) is 0 Å². The zero-order chi connectivity index (χ0) is 9.15. The molecule has 0 saturated heterocycles. The second kappa shape index (κ2) is 4.61. The molecule has 0 N–H and O–H groups in total. The van der Waals surface area contributed by atoms with Crippen LogP contribution >= 0.6 is 12.4 Å². The second-order valence-corrected chi connectivity index (χ2v) is 3.85. The molecule has 1 fully saturated rings. The van der Waals surface area contributed by atoms with Crippen LogP contribution in [0.2, 0.25) is 0 Å². The first-order valence-corrected chi connectivity index (χ1v) is 4.89. The first kappa shape index (κ1) is 11.3. The number of carbonyl (C=O) groups excluding carboxylic acids is 1. The number of halogens is 1. The topological polar surface area (TPSA) is 17.1 Å². The minimum absolute atomic E-state index is 0. The Kier molecular flexibility index (Phi) is 3.70. The number of benzene rings is 1. The Balaban J connectivity index is 0.000000980. The lowest BCUT2D eigenvalue weighted by Gasteiger charge is -2.21. The fourth-order valence-electron chi connectivity index (χ4n) is 2.25. The van der Waals surface area contributed by atoms with E-state index in [1.807, 2.05) is 18.2 Å². The molecule has 0 atom stereocenters. The van der Waals surface area contributed by atoms with E-state index in [0.717, 1.165) is 19.1 Å². The molecule has 2 rings (SSSR count). The van der Waals surface area contributed by atoms with Gasteiger partial charge in [-0.1, -0.05) is 43.2 Å². The van der Waals surface area contributed by atoms with Crippen LogP contribution in [0.5, 0.6) is 0 Å². The van der Waals surface area contributed by atoms with E-state index in [-0.39, 0.29) is 17.8 Å². The highest BCUT2D eigenvalue weighted by atomic mass is 35.5. The predicted octanol–water partition coefficient (Wildman–Crippen LogP) is 3.12. The molecule has 0 spiro atoms. The Morgan fingerprint density at radius 3 is 2.14 bits per heavy atom. The van der Waals surface area contributed by atoms with Gasteiger partial charge < -0.3 is 4.79 Å². The van der Waals surface area contributed by atoms with Crippen LogP contribution in [0.1, 0.15) is 31.2 Å². The summed E-state index contributed by atoms with van der Waals surface area (Å²) in [6, 6.07) is 10.2. The van der Waals surface area contributed by atoms with Gasteiger partial charge in [0.25, 0.3) is 0 Å². The summed E-state index contributed by atoms with van der Waals surface area (Å²) in [4.78, 5) is 11.1. The van der Waals surface area contributed by atoms with Crippen molar-refractivity contribution >= 4 is 18.7 Å². The lowest BCUT2D eigenvalue weighted by molar-refractivity contribution is -0.112. The van der Waals surface area contributed by atoms with Crippen molar-refractivity contribution in [2.24, 2.45) is 0 Å². The van der Waals surface area contributed by atoms with Crippen molar-refractivity contribution in [1.82, 2.24) is 0 Å². The lowest BCUT2D eigenvalue weighted by Crippen LogP contribution is -2.23. The Bertz CT molecular complexity index is 288. The van der Waals surface area contributed by atoms with E-state index >= 15 is 0 Å². The smallest absolute Gasteiger partial charge is 0.130 e. The number of rotatable bonds is 2. The van der Waals surface area contributed by atoms with Crippen molar-refractivity contribution in [2.45, 2.75) is 31.1 Å². The zero-order valence-electron chi connectivity index (χ0n) is 8.11. The summed E-state index contributed by atoms with van der Waals surface area (Å²) in [6.07, 6.45) is 5.58. The minimum Gasteiger partial charge on any atom is -0.302 e. The Morgan fingerprint density at radius 2 is 1.64 bits per heavy atom. The molecule has 1 aliphatic carbocycles. The van der Waals surface area contributed by atoms with Crippen LogP contribution in [0.3, 0.4) is 0 Å². The zero-order valence-corrected chi connectivity index (χ0v) is 8.93. The lowest BCUT2D eigenvalue weighted by atomic mass is 9.80. The summed E-state index contributed by atoms with van der Waals surface area (Å²) in [7, 11) is 0. The van der Waals surface area contributed by atoms with Crippen LogP contribution in [-0.4, -0.2) is 6.29 Å². The van der Waals surface area contributed by atoms with E-state index in [9.17, 15) is 4.79 Å². The highest BCUT2D eigenvalue weighted by Crippen LogP contribution is 2.38. The maximum atomic E-state index is 11.1. The molecule has 0 unspecified atom stereocenters. The summed E-state index contributed by atoms with van der Waals surface area (Å²) in [5.74, 6) is 0. The molecule has 2 heteroatoms. The fraction of sp³-hybridized carbons (Fsp3) is 0.417. The Morgan fingerprint density at radius 1 is 1.07 bits per heavy atom. The van der Waals surface area contributed by atoms with Crippen LogP contribution in [0.15, 0.2) is 30.3 Å². The number of carbonyl (C=O) groups is 1. The summed E-state index contributed by atoms with van der Waals surface area (Å²) in [5, 5.41) is 0. The van der Waals surface area contributed by atoms with Gasteiger partial charge >= 0.3 is 0 Å². The molecule has 0 aliphatic heterocycles. The van der Waals surface area contributed by atoms with Crippen LogP contribution in [0, 0.1) is 0 Å². The molecule has 0 amide bonds. The van der Waals surface area contributed by atoms with Crippen LogP contribution < -0.4 is 0 Å². The van der Waals surface area contributed by atoms with Gasteiger partial charge in [-0.05, 0) is 18.4 Å². The van der Waals surface area contributed by atoms with Gasteiger partial charge in [-0.3, -0.25) is 0 Å². The molecule has 0 radical (unpaired) electrons. The first-order valence-electron chi connectivity index (χ1n) is 4.89. The third-order valence-corrected chi connectivity index (χ3v) is 3.07. The summed E-state index contributed by atoms with van der Waals surface area (Å²) < 4.78 is 0. The monoisotopic (exact) mass is 210 g/mol. The van der Waals surface area contributed by atoms with Crippen LogP contribution in [0.4, 0.5) is 0 Å². The van der Waals surface area contributed by atoms with Crippen LogP contribution in [0.25, 0.3) is 0 Å². The summed E-state index contributed by atoms with van der Waals surface area (Å²) in [5.41, 5.74) is 1.05. The van der Waals surface area contributed by atoms with E-state index in [0.29, 0.717) is 0 Å². The quantitative estimate of drug-likeness (QED) is 0.686. The third-order valence-electron chi connectivity index (χ3n) is 3.07. The average molecular weight is 211 g/mol. The van der Waals surface area contributed by atoms with Gasteiger partial charge in [-0.15, -0.1) is 12.4 Å². The van der Waals surface area contributed by atoms with Gasteiger partial charge in [-0.25, -0.2) is 0 Å². The molecule has 1 nitrogen and oxygen atoms in total.